The first-order valence-electron chi connectivity index (χ1n) is 3.07. The van der Waals surface area contributed by atoms with E-state index in [0.717, 1.165) is 11.5 Å². The third kappa shape index (κ3) is 2.42. The minimum absolute atomic E-state index is 0.0399. The second kappa shape index (κ2) is 3.81. The van der Waals surface area contributed by atoms with Gasteiger partial charge in [0.2, 0.25) is 5.13 Å². The lowest BCUT2D eigenvalue weighted by molar-refractivity contribution is 0.209. The molecule has 0 radical (unpaired) electrons. The zero-order chi connectivity index (χ0) is 9.14. The molecule has 0 aliphatic rings. The average Bonchev–Trinajstić information content (AvgIpc) is 2.34. The van der Waals surface area contributed by atoms with Gasteiger partial charge in [0.05, 0.1) is 4.83 Å². The maximum atomic E-state index is 10.2. The molecule has 1 amide bonds. The number of nitrogens with zero attached hydrogens (tertiary/aromatic N) is 2. The Bertz CT molecular complexity index is 288. The first-order chi connectivity index (χ1) is 5.59. The summed E-state index contributed by atoms with van der Waals surface area (Å²) in [5.74, 6) is 0.587. The van der Waals surface area contributed by atoms with Crippen LogP contribution in [0.2, 0.25) is 0 Å². The molecule has 1 aromatic rings. The van der Waals surface area contributed by atoms with Crippen LogP contribution in [0.25, 0.3) is 0 Å². The number of amides is 1. The van der Waals surface area contributed by atoms with Gasteiger partial charge in [-0.05, 0) is 6.92 Å². The number of carbonyl (C=O) groups is 1. The van der Waals surface area contributed by atoms with E-state index in [4.69, 9.17) is 5.11 Å². The van der Waals surface area contributed by atoms with E-state index < -0.39 is 6.09 Å². The monoisotopic (exact) mass is 251 g/mol. The van der Waals surface area contributed by atoms with Crippen molar-refractivity contribution in [3.05, 3.63) is 5.82 Å². The molecule has 66 valence electrons. The first kappa shape index (κ1) is 9.40. The predicted octanol–water partition coefficient (Wildman–Crippen LogP) is 2.08. The van der Waals surface area contributed by atoms with Crippen molar-refractivity contribution < 1.29 is 9.90 Å². The minimum Gasteiger partial charge on any atom is -0.465 e. The van der Waals surface area contributed by atoms with Gasteiger partial charge in [-0.25, -0.2) is 9.78 Å². The summed E-state index contributed by atoms with van der Waals surface area (Å²) in [4.78, 5) is 14.1. The molecule has 0 saturated carbocycles. The van der Waals surface area contributed by atoms with Crippen LogP contribution in [0.1, 0.15) is 17.6 Å². The smallest absolute Gasteiger partial charge is 0.411 e. The number of carboxylic acid groups (broad SMARTS) is 1. The lowest BCUT2D eigenvalue weighted by Crippen LogP contribution is -2.06. The van der Waals surface area contributed by atoms with Crippen LogP contribution in [-0.2, 0) is 0 Å². The molecule has 12 heavy (non-hydrogen) atoms. The highest BCUT2D eigenvalue weighted by atomic mass is 79.9. The van der Waals surface area contributed by atoms with Gasteiger partial charge in [-0.3, -0.25) is 5.32 Å². The molecule has 0 aliphatic carbocycles. The topological polar surface area (TPSA) is 75.1 Å². The van der Waals surface area contributed by atoms with Crippen LogP contribution >= 0.6 is 27.5 Å². The van der Waals surface area contributed by atoms with Crippen molar-refractivity contribution in [2.45, 2.75) is 11.8 Å². The Morgan fingerprint density at radius 3 is 2.92 bits per heavy atom. The molecule has 1 rings (SSSR count). The summed E-state index contributed by atoms with van der Waals surface area (Å²) in [6, 6.07) is 0. The normalized spacial score (nSPS) is 12.5. The summed E-state index contributed by atoms with van der Waals surface area (Å²) in [6.45, 7) is 1.87. The fourth-order valence-electron chi connectivity index (χ4n) is 0.539. The molecule has 0 aliphatic heterocycles. The Hall–Kier alpha value is -0.690. The SMILES string of the molecule is CC(Br)c1nsc(NC(=O)O)n1. The zero-order valence-corrected chi connectivity index (χ0v) is 8.52. The van der Waals surface area contributed by atoms with E-state index >= 15 is 0 Å². The van der Waals surface area contributed by atoms with E-state index in [1.54, 1.807) is 0 Å². The van der Waals surface area contributed by atoms with Crippen LogP contribution in [0.15, 0.2) is 0 Å². The highest BCUT2D eigenvalue weighted by Crippen LogP contribution is 2.22. The van der Waals surface area contributed by atoms with E-state index in [1.165, 1.54) is 0 Å². The average molecular weight is 252 g/mol. The molecule has 7 heteroatoms. The maximum Gasteiger partial charge on any atom is 0.411 e. The lowest BCUT2D eigenvalue weighted by Gasteiger charge is -1.93. The molecule has 5 nitrogen and oxygen atoms in total. The molecule has 1 aromatic heterocycles. The van der Waals surface area contributed by atoms with Gasteiger partial charge in [-0.15, -0.1) is 0 Å². The van der Waals surface area contributed by atoms with Crippen molar-refractivity contribution in [3.8, 4) is 0 Å². The Morgan fingerprint density at radius 1 is 1.83 bits per heavy atom. The summed E-state index contributed by atoms with van der Waals surface area (Å²) in [6.07, 6.45) is -1.13. The number of halogens is 1. The maximum absolute atomic E-state index is 10.2. The highest BCUT2D eigenvalue weighted by Gasteiger charge is 2.09. The molecule has 0 spiro atoms. The molecule has 1 heterocycles. The van der Waals surface area contributed by atoms with Crippen LogP contribution < -0.4 is 5.32 Å². The van der Waals surface area contributed by atoms with Crippen molar-refractivity contribution in [2.24, 2.45) is 0 Å². The summed E-state index contributed by atoms with van der Waals surface area (Å²) in [5.41, 5.74) is 0. The van der Waals surface area contributed by atoms with Crippen LogP contribution in [0, 0.1) is 0 Å². The third-order valence-electron chi connectivity index (χ3n) is 1.01. The molecule has 0 bridgehead atoms. The molecule has 1 unspecified atom stereocenters. The van der Waals surface area contributed by atoms with Crippen molar-refractivity contribution in [1.29, 1.82) is 0 Å². The van der Waals surface area contributed by atoms with Gasteiger partial charge >= 0.3 is 6.09 Å². The summed E-state index contributed by atoms with van der Waals surface area (Å²) >= 11 is 4.29. The van der Waals surface area contributed by atoms with Crippen molar-refractivity contribution >= 4 is 38.7 Å². The van der Waals surface area contributed by atoms with E-state index in [1.807, 2.05) is 6.92 Å². The van der Waals surface area contributed by atoms with Gasteiger partial charge in [-0.2, -0.15) is 4.37 Å². The van der Waals surface area contributed by atoms with E-state index in [9.17, 15) is 4.79 Å². The van der Waals surface area contributed by atoms with Crippen LogP contribution in [0.3, 0.4) is 0 Å². The fraction of sp³-hybridized carbons (Fsp3) is 0.400. The van der Waals surface area contributed by atoms with Crippen molar-refractivity contribution in [1.82, 2.24) is 9.36 Å². The first-order valence-corrected chi connectivity index (χ1v) is 4.76. The number of aromatic nitrogens is 2. The number of rotatable bonds is 2. The largest absolute Gasteiger partial charge is 0.465 e. The molecule has 0 aromatic carbocycles. The minimum atomic E-state index is -1.13. The second-order valence-corrected chi connectivity index (χ2v) is 4.13. The van der Waals surface area contributed by atoms with E-state index in [-0.39, 0.29) is 4.83 Å². The molecular formula is C5H6BrN3O2S. The van der Waals surface area contributed by atoms with Crippen LogP contribution in [0.4, 0.5) is 9.93 Å². The summed E-state index contributed by atoms with van der Waals surface area (Å²) < 4.78 is 3.93. The Morgan fingerprint density at radius 2 is 2.50 bits per heavy atom. The summed E-state index contributed by atoms with van der Waals surface area (Å²) in [7, 11) is 0. The highest BCUT2D eigenvalue weighted by molar-refractivity contribution is 9.09. The van der Waals surface area contributed by atoms with Gasteiger partial charge < -0.3 is 5.11 Å². The Labute approximate surface area is 81.1 Å². The van der Waals surface area contributed by atoms with E-state index in [2.05, 4.69) is 30.6 Å². The molecule has 1 atom stereocenters. The molecule has 2 N–H and O–H groups in total. The summed E-state index contributed by atoms with van der Waals surface area (Å²) in [5, 5.41) is 10.7. The number of nitrogens with one attached hydrogen (secondary N) is 1. The fourth-order valence-corrected chi connectivity index (χ4v) is 1.53. The van der Waals surface area contributed by atoms with Crippen molar-refractivity contribution in [3.63, 3.8) is 0 Å². The van der Waals surface area contributed by atoms with Gasteiger partial charge in [0.1, 0.15) is 0 Å². The molecular weight excluding hydrogens is 246 g/mol. The van der Waals surface area contributed by atoms with Crippen LogP contribution in [-0.4, -0.2) is 20.6 Å². The van der Waals surface area contributed by atoms with Gasteiger partial charge in [-0.1, -0.05) is 15.9 Å². The molecule has 0 saturated heterocycles. The van der Waals surface area contributed by atoms with E-state index in [0.29, 0.717) is 11.0 Å². The number of alkyl halides is 1. The number of hydrogen-bond acceptors (Lipinski definition) is 4. The van der Waals surface area contributed by atoms with Gasteiger partial charge in [0.15, 0.2) is 5.82 Å². The third-order valence-corrected chi connectivity index (χ3v) is 2.07. The van der Waals surface area contributed by atoms with Crippen molar-refractivity contribution in [2.75, 3.05) is 5.32 Å². The van der Waals surface area contributed by atoms with Crippen LogP contribution in [0.5, 0.6) is 0 Å². The molecule has 0 fully saturated rings. The van der Waals surface area contributed by atoms with Gasteiger partial charge in [0, 0.05) is 11.5 Å². The Kier molecular flexibility index (Phi) is 2.99. The number of hydrogen-bond donors (Lipinski definition) is 2. The van der Waals surface area contributed by atoms with Gasteiger partial charge in [0.25, 0.3) is 0 Å². The lowest BCUT2D eigenvalue weighted by atomic mass is 10.5. The zero-order valence-electron chi connectivity index (χ0n) is 6.11. The standard InChI is InChI=1S/C5H6BrN3O2S/c1-2(6)3-7-4(12-9-3)8-5(10)11/h2H,1H3,(H,10,11)(H,7,8,9). The second-order valence-electron chi connectivity index (χ2n) is 2.00. The predicted molar refractivity (Wildman–Crippen MR) is 48.9 cm³/mol. The quantitative estimate of drug-likeness (QED) is 0.790. The number of anilines is 1. The Balaban J connectivity index is 2.70.